The van der Waals surface area contributed by atoms with E-state index in [1.165, 1.54) is 0 Å². The summed E-state index contributed by atoms with van der Waals surface area (Å²) in [6.07, 6.45) is 2.01. The normalized spacial score (nSPS) is 16.6. The summed E-state index contributed by atoms with van der Waals surface area (Å²) in [6, 6.07) is 5.61. The Morgan fingerprint density at radius 2 is 2.11 bits per heavy atom. The van der Waals surface area contributed by atoms with E-state index in [0.29, 0.717) is 17.2 Å². The number of hydrogen-bond donors (Lipinski definition) is 1. The van der Waals surface area contributed by atoms with E-state index in [2.05, 4.69) is 0 Å². The van der Waals surface area contributed by atoms with Crippen LogP contribution in [0.4, 0.5) is 5.69 Å². The number of piperidine rings is 1. The Morgan fingerprint density at radius 1 is 1.42 bits per heavy atom. The zero-order valence-corrected chi connectivity index (χ0v) is 11.7. The number of nitrogens with zero attached hydrogens (tertiary/aromatic N) is 1. The molecular formula is C15H22N2O2. The van der Waals surface area contributed by atoms with Crippen molar-refractivity contribution in [1.29, 1.82) is 0 Å². The van der Waals surface area contributed by atoms with Gasteiger partial charge < -0.3 is 15.4 Å². The van der Waals surface area contributed by atoms with E-state index in [4.69, 9.17) is 10.5 Å². The molecule has 0 aromatic heterocycles. The van der Waals surface area contributed by atoms with Crippen molar-refractivity contribution >= 4 is 11.6 Å². The highest BCUT2D eigenvalue weighted by Gasteiger charge is 2.24. The molecule has 0 radical (unpaired) electrons. The monoisotopic (exact) mass is 262 g/mol. The molecule has 0 aliphatic carbocycles. The van der Waals surface area contributed by atoms with Gasteiger partial charge in [-0.1, -0.05) is 11.6 Å². The SMILES string of the molecule is COCC1CCN(C(=O)c2cc(C)ccc2N)CC1. The highest BCUT2D eigenvalue weighted by Crippen LogP contribution is 2.22. The fourth-order valence-electron chi connectivity index (χ4n) is 2.56. The molecular weight excluding hydrogens is 240 g/mol. The minimum Gasteiger partial charge on any atom is -0.398 e. The van der Waals surface area contributed by atoms with Crippen LogP contribution in [0.1, 0.15) is 28.8 Å². The van der Waals surface area contributed by atoms with Crippen LogP contribution in [0.15, 0.2) is 18.2 Å². The highest BCUT2D eigenvalue weighted by atomic mass is 16.5. The summed E-state index contributed by atoms with van der Waals surface area (Å²) in [4.78, 5) is 14.4. The summed E-state index contributed by atoms with van der Waals surface area (Å²) in [5, 5.41) is 0. The van der Waals surface area contributed by atoms with E-state index in [1.807, 2.05) is 24.0 Å². The van der Waals surface area contributed by atoms with Gasteiger partial charge in [0, 0.05) is 32.5 Å². The van der Waals surface area contributed by atoms with Gasteiger partial charge in [-0.15, -0.1) is 0 Å². The number of benzene rings is 1. The number of hydrogen-bond acceptors (Lipinski definition) is 3. The lowest BCUT2D eigenvalue weighted by Gasteiger charge is -2.32. The molecule has 1 aromatic carbocycles. The number of carbonyl (C=O) groups is 1. The van der Waals surface area contributed by atoms with Crippen molar-refractivity contribution in [2.24, 2.45) is 5.92 Å². The third-order valence-corrected chi connectivity index (χ3v) is 3.74. The molecule has 0 spiro atoms. The smallest absolute Gasteiger partial charge is 0.255 e. The number of anilines is 1. The molecule has 2 rings (SSSR count). The largest absolute Gasteiger partial charge is 0.398 e. The second kappa shape index (κ2) is 6.06. The van der Waals surface area contributed by atoms with Gasteiger partial charge in [-0.3, -0.25) is 4.79 Å². The number of rotatable bonds is 3. The Morgan fingerprint density at radius 3 is 2.74 bits per heavy atom. The lowest BCUT2D eigenvalue weighted by molar-refractivity contribution is 0.0614. The first-order valence-corrected chi connectivity index (χ1v) is 6.76. The molecule has 104 valence electrons. The van der Waals surface area contributed by atoms with Crippen LogP contribution in [0.25, 0.3) is 0 Å². The topological polar surface area (TPSA) is 55.6 Å². The fraction of sp³-hybridized carbons (Fsp3) is 0.533. The average molecular weight is 262 g/mol. The predicted octanol–water partition coefficient (Wildman–Crippen LogP) is 2.08. The van der Waals surface area contributed by atoms with Gasteiger partial charge in [0.2, 0.25) is 0 Å². The first kappa shape index (κ1) is 13.9. The number of likely N-dealkylation sites (tertiary alicyclic amines) is 1. The van der Waals surface area contributed by atoms with Crippen LogP contribution >= 0.6 is 0 Å². The predicted molar refractivity (Wildman–Crippen MR) is 76.1 cm³/mol. The van der Waals surface area contributed by atoms with Crippen molar-refractivity contribution in [3.05, 3.63) is 29.3 Å². The maximum atomic E-state index is 12.5. The van der Waals surface area contributed by atoms with E-state index in [0.717, 1.165) is 38.1 Å². The molecule has 19 heavy (non-hydrogen) atoms. The van der Waals surface area contributed by atoms with Crippen LogP contribution < -0.4 is 5.73 Å². The highest BCUT2D eigenvalue weighted by molar-refractivity contribution is 5.99. The van der Waals surface area contributed by atoms with Crippen molar-refractivity contribution in [2.45, 2.75) is 19.8 Å². The third-order valence-electron chi connectivity index (χ3n) is 3.74. The van der Waals surface area contributed by atoms with E-state index >= 15 is 0 Å². The molecule has 1 saturated heterocycles. The molecule has 4 heteroatoms. The van der Waals surface area contributed by atoms with Crippen molar-refractivity contribution in [3.63, 3.8) is 0 Å². The first-order valence-electron chi connectivity index (χ1n) is 6.76. The summed E-state index contributed by atoms with van der Waals surface area (Å²) in [5.41, 5.74) is 8.16. The number of carbonyl (C=O) groups excluding carboxylic acids is 1. The van der Waals surface area contributed by atoms with Crippen LogP contribution in [0.5, 0.6) is 0 Å². The number of ether oxygens (including phenoxy) is 1. The van der Waals surface area contributed by atoms with Gasteiger partial charge in [-0.25, -0.2) is 0 Å². The number of aryl methyl sites for hydroxylation is 1. The van der Waals surface area contributed by atoms with Crippen LogP contribution in [0, 0.1) is 12.8 Å². The average Bonchev–Trinajstić information content (AvgIpc) is 2.42. The van der Waals surface area contributed by atoms with Crippen LogP contribution in [-0.2, 0) is 4.74 Å². The maximum Gasteiger partial charge on any atom is 0.255 e. The molecule has 4 nitrogen and oxygen atoms in total. The first-order chi connectivity index (χ1) is 9.11. The minimum absolute atomic E-state index is 0.0528. The maximum absolute atomic E-state index is 12.5. The Balaban J connectivity index is 2.03. The molecule has 0 unspecified atom stereocenters. The molecule has 0 atom stereocenters. The van der Waals surface area contributed by atoms with Gasteiger partial charge in [0.25, 0.3) is 5.91 Å². The molecule has 1 aromatic rings. The Hall–Kier alpha value is -1.55. The van der Waals surface area contributed by atoms with Crippen molar-refractivity contribution in [2.75, 3.05) is 32.5 Å². The summed E-state index contributed by atoms with van der Waals surface area (Å²) in [5.74, 6) is 0.626. The van der Waals surface area contributed by atoms with Crippen LogP contribution in [-0.4, -0.2) is 37.6 Å². The van der Waals surface area contributed by atoms with E-state index in [9.17, 15) is 4.79 Å². The number of methoxy groups -OCH3 is 1. The number of amides is 1. The molecule has 0 saturated carbocycles. The van der Waals surface area contributed by atoms with E-state index in [-0.39, 0.29) is 5.91 Å². The molecule has 1 amide bonds. The van der Waals surface area contributed by atoms with Crippen molar-refractivity contribution in [1.82, 2.24) is 4.90 Å². The van der Waals surface area contributed by atoms with Gasteiger partial charge in [-0.2, -0.15) is 0 Å². The Bertz CT molecular complexity index is 451. The molecule has 1 heterocycles. The Labute approximate surface area is 114 Å². The lowest BCUT2D eigenvalue weighted by atomic mass is 9.97. The van der Waals surface area contributed by atoms with Gasteiger partial charge in [0.1, 0.15) is 0 Å². The standard InChI is InChI=1S/C15H22N2O2/c1-11-3-4-14(16)13(9-11)15(18)17-7-5-12(6-8-17)10-19-2/h3-4,9,12H,5-8,10,16H2,1-2H3. The molecule has 1 aliphatic heterocycles. The van der Waals surface area contributed by atoms with E-state index in [1.54, 1.807) is 13.2 Å². The van der Waals surface area contributed by atoms with Crippen molar-refractivity contribution in [3.8, 4) is 0 Å². The molecule has 1 fully saturated rings. The van der Waals surface area contributed by atoms with Gasteiger partial charge >= 0.3 is 0 Å². The molecule has 2 N–H and O–H groups in total. The second-order valence-electron chi connectivity index (χ2n) is 5.28. The summed E-state index contributed by atoms with van der Waals surface area (Å²) in [7, 11) is 1.73. The van der Waals surface area contributed by atoms with Gasteiger partial charge in [0.15, 0.2) is 0 Å². The Kier molecular flexibility index (Phi) is 4.43. The summed E-state index contributed by atoms with van der Waals surface area (Å²) >= 11 is 0. The van der Waals surface area contributed by atoms with Gasteiger partial charge in [0.05, 0.1) is 5.56 Å². The zero-order valence-electron chi connectivity index (χ0n) is 11.7. The third kappa shape index (κ3) is 3.26. The van der Waals surface area contributed by atoms with Crippen LogP contribution in [0.3, 0.4) is 0 Å². The molecule has 1 aliphatic rings. The number of nitrogen functional groups attached to an aromatic ring is 1. The van der Waals surface area contributed by atoms with Gasteiger partial charge in [-0.05, 0) is 37.8 Å². The van der Waals surface area contributed by atoms with Crippen molar-refractivity contribution < 1.29 is 9.53 Å². The quantitative estimate of drug-likeness (QED) is 0.848. The summed E-state index contributed by atoms with van der Waals surface area (Å²) in [6.45, 7) is 4.34. The minimum atomic E-state index is 0.0528. The number of nitrogens with two attached hydrogens (primary N) is 1. The second-order valence-corrected chi connectivity index (χ2v) is 5.28. The molecule has 0 bridgehead atoms. The zero-order chi connectivity index (χ0) is 13.8. The summed E-state index contributed by atoms with van der Waals surface area (Å²) < 4.78 is 5.17. The lowest BCUT2D eigenvalue weighted by Crippen LogP contribution is -2.39. The fourth-order valence-corrected chi connectivity index (χ4v) is 2.56. The van der Waals surface area contributed by atoms with Crippen LogP contribution in [0.2, 0.25) is 0 Å². The van der Waals surface area contributed by atoms with E-state index < -0.39 is 0 Å².